The third-order valence-corrected chi connectivity index (χ3v) is 3.46. The van der Waals surface area contributed by atoms with E-state index in [4.69, 9.17) is 5.73 Å². The summed E-state index contributed by atoms with van der Waals surface area (Å²) < 4.78 is 2.85. The lowest BCUT2D eigenvalue weighted by Gasteiger charge is -2.12. The summed E-state index contributed by atoms with van der Waals surface area (Å²) in [6, 6.07) is 6.17. The van der Waals surface area contributed by atoms with Crippen molar-refractivity contribution in [1.29, 1.82) is 0 Å². The summed E-state index contributed by atoms with van der Waals surface area (Å²) in [7, 11) is 1.89. The van der Waals surface area contributed by atoms with Gasteiger partial charge < -0.3 is 11.1 Å². The molecule has 0 bridgehead atoms. The van der Waals surface area contributed by atoms with E-state index in [9.17, 15) is 0 Å². The molecule has 96 valence electrons. The number of halogens is 1. The van der Waals surface area contributed by atoms with Gasteiger partial charge in [-0.1, -0.05) is 22.9 Å². The van der Waals surface area contributed by atoms with Gasteiger partial charge in [-0.25, -0.2) is 0 Å². The molecule has 2 rings (SSSR count). The molecular formula is C13H17BrN4. The Labute approximate surface area is 115 Å². The molecule has 0 aliphatic rings. The Morgan fingerprint density at radius 3 is 2.72 bits per heavy atom. The first-order valence-electron chi connectivity index (χ1n) is 5.87. The maximum atomic E-state index is 6.02. The van der Waals surface area contributed by atoms with Gasteiger partial charge in [-0.3, -0.25) is 4.68 Å². The molecule has 0 saturated heterocycles. The quantitative estimate of drug-likeness (QED) is 0.914. The van der Waals surface area contributed by atoms with Crippen LogP contribution in [-0.4, -0.2) is 9.78 Å². The highest BCUT2D eigenvalue weighted by atomic mass is 79.9. The summed E-state index contributed by atoms with van der Waals surface area (Å²) >= 11 is 3.49. The fraction of sp³-hybridized carbons (Fsp3) is 0.308. The molecule has 1 heterocycles. The van der Waals surface area contributed by atoms with Crippen LogP contribution in [0.3, 0.4) is 0 Å². The number of benzene rings is 1. The number of nitrogen functional groups attached to an aromatic ring is 1. The lowest BCUT2D eigenvalue weighted by molar-refractivity contribution is 0.764. The molecule has 0 amide bonds. The number of rotatable bonds is 3. The van der Waals surface area contributed by atoms with Crippen molar-refractivity contribution in [3.8, 4) is 0 Å². The van der Waals surface area contributed by atoms with Crippen LogP contribution < -0.4 is 11.1 Å². The van der Waals surface area contributed by atoms with Gasteiger partial charge in [0.25, 0.3) is 0 Å². The number of aryl methyl sites for hydroxylation is 3. The van der Waals surface area contributed by atoms with Gasteiger partial charge in [0.2, 0.25) is 0 Å². The highest BCUT2D eigenvalue weighted by molar-refractivity contribution is 9.10. The third-order valence-electron chi connectivity index (χ3n) is 2.97. The molecule has 1 aromatic carbocycles. The molecule has 0 aliphatic carbocycles. The van der Waals surface area contributed by atoms with E-state index in [0.717, 1.165) is 28.1 Å². The highest BCUT2D eigenvalue weighted by Gasteiger charge is 2.11. The SMILES string of the molecule is CCc1cc(Br)ccc1Nc1c(N)c(C)nn1C. The molecule has 0 spiro atoms. The van der Waals surface area contributed by atoms with Crippen LogP contribution in [0.25, 0.3) is 0 Å². The molecule has 2 aromatic rings. The first kappa shape index (κ1) is 13.0. The van der Waals surface area contributed by atoms with Crippen LogP contribution >= 0.6 is 15.9 Å². The summed E-state index contributed by atoms with van der Waals surface area (Å²) in [5, 5.41) is 7.66. The second kappa shape index (κ2) is 5.02. The summed E-state index contributed by atoms with van der Waals surface area (Å²) in [4.78, 5) is 0. The predicted octanol–water partition coefficient (Wildman–Crippen LogP) is 3.38. The average Bonchev–Trinajstić information content (AvgIpc) is 2.58. The molecule has 4 nitrogen and oxygen atoms in total. The number of nitrogens with two attached hydrogens (primary N) is 1. The van der Waals surface area contributed by atoms with Gasteiger partial charge >= 0.3 is 0 Å². The van der Waals surface area contributed by atoms with E-state index in [0.29, 0.717) is 5.69 Å². The fourth-order valence-corrected chi connectivity index (χ4v) is 2.34. The van der Waals surface area contributed by atoms with Crippen LogP contribution in [0.15, 0.2) is 22.7 Å². The first-order valence-corrected chi connectivity index (χ1v) is 6.66. The van der Waals surface area contributed by atoms with E-state index in [2.05, 4.69) is 39.3 Å². The molecule has 0 saturated carbocycles. The lowest BCUT2D eigenvalue weighted by Crippen LogP contribution is -2.03. The van der Waals surface area contributed by atoms with E-state index in [-0.39, 0.29) is 0 Å². The average molecular weight is 309 g/mol. The Morgan fingerprint density at radius 1 is 1.44 bits per heavy atom. The van der Waals surface area contributed by atoms with Crippen molar-refractivity contribution in [1.82, 2.24) is 9.78 Å². The number of hydrogen-bond acceptors (Lipinski definition) is 3. The van der Waals surface area contributed by atoms with Gasteiger partial charge in [-0.05, 0) is 37.1 Å². The van der Waals surface area contributed by atoms with E-state index >= 15 is 0 Å². The van der Waals surface area contributed by atoms with Crippen molar-refractivity contribution in [2.24, 2.45) is 7.05 Å². The van der Waals surface area contributed by atoms with Crippen LogP contribution in [-0.2, 0) is 13.5 Å². The molecule has 1 aromatic heterocycles. The third kappa shape index (κ3) is 2.36. The Balaban J connectivity index is 2.39. The normalized spacial score (nSPS) is 10.7. The maximum Gasteiger partial charge on any atom is 0.152 e. The fourth-order valence-electron chi connectivity index (χ4n) is 1.93. The van der Waals surface area contributed by atoms with Gasteiger partial charge in [-0.15, -0.1) is 0 Å². The molecule has 3 N–H and O–H groups in total. The van der Waals surface area contributed by atoms with Gasteiger partial charge in [0.1, 0.15) is 0 Å². The van der Waals surface area contributed by atoms with Crippen LogP contribution in [0.1, 0.15) is 18.2 Å². The minimum Gasteiger partial charge on any atom is -0.394 e. The van der Waals surface area contributed by atoms with Crippen LogP contribution in [0.4, 0.5) is 17.2 Å². The largest absolute Gasteiger partial charge is 0.394 e. The van der Waals surface area contributed by atoms with Gasteiger partial charge in [0.05, 0.1) is 11.4 Å². The van der Waals surface area contributed by atoms with Crippen LogP contribution in [0.5, 0.6) is 0 Å². The molecule has 0 unspecified atom stereocenters. The van der Waals surface area contributed by atoms with E-state index < -0.39 is 0 Å². The van der Waals surface area contributed by atoms with Crippen LogP contribution in [0, 0.1) is 6.92 Å². The number of nitrogens with zero attached hydrogens (tertiary/aromatic N) is 2. The minimum atomic E-state index is 0.697. The Kier molecular flexibility index (Phi) is 3.61. The predicted molar refractivity (Wildman–Crippen MR) is 79.2 cm³/mol. The summed E-state index contributed by atoms with van der Waals surface area (Å²) in [5.41, 5.74) is 9.86. The molecule has 0 fully saturated rings. The molecule has 0 aliphatic heterocycles. The van der Waals surface area contributed by atoms with Crippen molar-refractivity contribution in [3.05, 3.63) is 33.9 Å². The zero-order valence-corrected chi connectivity index (χ0v) is 12.4. The van der Waals surface area contributed by atoms with E-state index in [1.807, 2.05) is 26.1 Å². The number of anilines is 3. The second-order valence-electron chi connectivity index (χ2n) is 4.25. The van der Waals surface area contributed by atoms with Crippen molar-refractivity contribution >= 4 is 33.1 Å². The monoisotopic (exact) mass is 308 g/mol. The Morgan fingerprint density at radius 2 is 2.17 bits per heavy atom. The molecule has 0 atom stereocenters. The topological polar surface area (TPSA) is 55.9 Å². The molecule has 18 heavy (non-hydrogen) atoms. The van der Waals surface area contributed by atoms with Crippen molar-refractivity contribution in [2.45, 2.75) is 20.3 Å². The smallest absolute Gasteiger partial charge is 0.152 e. The standard InChI is InChI=1S/C13H17BrN4/c1-4-9-7-10(14)5-6-11(9)16-13-12(15)8(2)17-18(13)3/h5-7,16H,4,15H2,1-3H3. The Bertz CT molecular complexity index is 575. The summed E-state index contributed by atoms with van der Waals surface area (Å²) in [6.45, 7) is 4.04. The number of aromatic nitrogens is 2. The lowest BCUT2D eigenvalue weighted by atomic mass is 10.1. The minimum absolute atomic E-state index is 0.697. The summed E-state index contributed by atoms with van der Waals surface area (Å²) in [6.07, 6.45) is 0.957. The number of nitrogens with one attached hydrogen (secondary N) is 1. The van der Waals surface area contributed by atoms with Gasteiger partial charge in [0, 0.05) is 17.2 Å². The van der Waals surface area contributed by atoms with Crippen molar-refractivity contribution in [2.75, 3.05) is 11.1 Å². The van der Waals surface area contributed by atoms with Gasteiger partial charge in [-0.2, -0.15) is 5.10 Å². The number of hydrogen-bond donors (Lipinski definition) is 2. The Hall–Kier alpha value is -1.49. The zero-order valence-electron chi connectivity index (χ0n) is 10.8. The maximum absolute atomic E-state index is 6.02. The first-order chi connectivity index (χ1) is 8.52. The van der Waals surface area contributed by atoms with Gasteiger partial charge in [0.15, 0.2) is 5.82 Å². The highest BCUT2D eigenvalue weighted by Crippen LogP contribution is 2.28. The molecule has 0 radical (unpaired) electrons. The van der Waals surface area contributed by atoms with Crippen molar-refractivity contribution < 1.29 is 0 Å². The summed E-state index contributed by atoms with van der Waals surface area (Å²) in [5.74, 6) is 0.838. The second-order valence-corrected chi connectivity index (χ2v) is 5.17. The van der Waals surface area contributed by atoms with Crippen LogP contribution in [0.2, 0.25) is 0 Å². The van der Waals surface area contributed by atoms with Crippen molar-refractivity contribution in [3.63, 3.8) is 0 Å². The van der Waals surface area contributed by atoms with E-state index in [1.54, 1.807) is 4.68 Å². The molecule has 5 heteroatoms. The molecular weight excluding hydrogens is 292 g/mol. The van der Waals surface area contributed by atoms with E-state index in [1.165, 1.54) is 5.56 Å². The zero-order chi connectivity index (χ0) is 13.3.